The fourth-order valence-corrected chi connectivity index (χ4v) is 3.16. The first kappa shape index (κ1) is 22.6. The number of carbonyl (C=O) groups excluding carboxylic acids is 1. The number of hydrogen-bond donors (Lipinski definition) is 1. The predicted molar refractivity (Wildman–Crippen MR) is 127 cm³/mol. The van der Waals surface area contributed by atoms with Crippen molar-refractivity contribution in [2.24, 2.45) is 0 Å². The molecule has 0 radical (unpaired) electrons. The number of aryl methyl sites for hydroxylation is 2. The molecule has 0 spiro atoms. The summed E-state index contributed by atoms with van der Waals surface area (Å²) in [6, 6.07) is 24.4. The van der Waals surface area contributed by atoms with Crippen LogP contribution in [-0.4, -0.2) is 19.1 Å². The lowest BCUT2D eigenvalue weighted by molar-refractivity contribution is -0.112. The number of anilines is 1. The first-order valence-corrected chi connectivity index (χ1v) is 10.5. The van der Waals surface area contributed by atoms with Gasteiger partial charge >= 0.3 is 0 Å². The molecule has 0 heterocycles. The molecule has 1 N–H and O–H groups in total. The molecule has 0 aliphatic carbocycles. The lowest BCUT2D eigenvalue weighted by Gasteiger charge is -2.11. The Labute approximate surface area is 188 Å². The highest BCUT2D eigenvalue weighted by molar-refractivity contribution is 6.09. The molecule has 5 nitrogen and oxygen atoms in total. The van der Waals surface area contributed by atoms with Crippen molar-refractivity contribution >= 4 is 17.7 Å². The van der Waals surface area contributed by atoms with Crippen LogP contribution in [0.2, 0.25) is 0 Å². The number of para-hydroxylation sites is 1. The zero-order chi connectivity index (χ0) is 22.8. The van der Waals surface area contributed by atoms with Crippen molar-refractivity contribution in [1.29, 1.82) is 5.26 Å². The SMILES string of the molecule is CCc1cc(C)cc(OCCOc2cccc(C=C(C#N)C(=O)Nc3ccccc3)c2)c1. The smallest absolute Gasteiger partial charge is 0.266 e. The van der Waals surface area contributed by atoms with Crippen LogP contribution in [0.25, 0.3) is 6.08 Å². The molecule has 0 unspecified atom stereocenters. The minimum absolute atomic E-state index is 0.0144. The Morgan fingerprint density at radius 1 is 0.969 bits per heavy atom. The second kappa shape index (κ2) is 11.4. The molecule has 0 aliphatic rings. The number of nitriles is 1. The van der Waals surface area contributed by atoms with E-state index < -0.39 is 5.91 Å². The van der Waals surface area contributed by atoms with E-state index in [2.05, 4.69) is 25.2 Å². The minimum atomic E-state index is -0.456. The first-order valence-electron chi connectivity index (χ1n) is 10.5. The number of ether oxygens (including phenoxy) is 2. The van der Waals surface area contributed by atoms with Gasteiger partial charge in [-0.3, -0.25) is 4.79 Å². The maximum atomic E-state index is 12.4. The van der Waals surface area contributed by atoms with Crippen molar-refractivity contribution < 1.29 is 14.3 Å². The molecule has 32 heavy (non-hydrogen) atoms. The van der Waals surface area contributed by atoms with Crippen molar-refractivity contribution in [3.05, 3.63) is 95.1 Å². The molecule has 0 saturated carbocycles. The van der Waals surface area contributed by atoms with E-state index in [1.807, 2.05) is 54.6 Å². The van der Waals surface area contributed by atoms with Crippen molar-refractivity contribution in [2.45, 2.75) is 20.3 Å². The third-order valence-electron chi connectivity index (χ3n) is 4.71. The zero-order valence-electron chi connectivity index (χ0n) is 18.3. The van der Waals surface area contributed by atoms with Crippen molar-refractivity contribution in [3.8, 4) is 17.6 Å². The van der Waals surface area contributed by atoms with Gasteiger partial charge < -0.3 is 14.8 Å². The summed E-state index contributed by atoms with van der Waals surface area (Å²) in [4.78, 5) is 12.4. The molecule has 1 amide bonds. The molecule has 0 bridgehead atoms. The topological polar surface area (TPSA) is 71.3 Å². The number of amides is 1. The standard InChI is InChI=1S/C27H26N2O3/c1-3-21-14-20(2)15-26(17-21)32-13-12-31-25-11-7-8-22(18-25)16-23(19-28)27(30)29-24-9-5-4-6-10-24/h4-11,14-18H,3,12-13H2,1-2H3,(H,29,30). The molecule has 3 rings (SSSR count). The van der Waals surface area contributed by atoms with Crippen molar-refractivity contribution in [3.63, 3.8) is 0 Å². The van der Waals surface area contributed by atoms with E-state index in [0.717, 1.165) is 12.2 Å². The quantitative estimate of drug-likeness (QED) is 0.276. The third-order valence-corrected chi connectivity index (χ3v) is 4.71. The highest BCUT2D eigenvalue weighted by Crippen LogP contribution is 2.19. The van der Waals surface area contributed by atoms with Gasteiger partial charge in [-0.15, -0.1) is 0 Å². The van der Waals surface area contributed by atoms with Crippen LogP contribution < -0.4 is 14.8 Å². The van der Waals surface area contributed by atoms with Crippen LogP contribution in [0.15, 0.2) is 78.4 Å². The van der Waals surface area contributed by atoms with Crippen LogP contribution in [0.3, 0.4) is 0 Å². The van der Waals surface area contributed by atoms with Gasteiger partial charge in [-0.05, 0) is 72.5 Å². The lowest BCUT2D eigenvalue weighted by Crippen LogP contribution is -2.13. The van der Waals surface area contributed by atoms with Gasteiger partial charge in [0, 0.05) is 5.69 Å². The number of carbonyl (C=O) groups is 1. The molecule has 0 fully saturated rings. The monoisotopic (exact) mass is 426 g/mol. The normalized spacial score (nSPS) is 10.8. The summed E-state index contributed by atoms with van der Waals surface area (Å²) in [7, 11) is 0. The molecule has 3 aromatic rings. The number of hydrogen-bond acceptors (Lipinski definition) is 4. The molecule has 0 aromatic heterocycles. The lowest BCUT2D eigenvalue weighted by atomic mass is 10.1. The number of nitrogens with one attached hydrogen (secondary N) is 1. The van der Waals surface area contributed by atoms with Crippen LogP contribution in [0.1, 0.15) is 23.6 Å². The van der Waals surface area contributed by atoms with Gasteiger partial charge in [0.1, 0.15) is 36.4 Å². The summed E-state index contributed by atoms with van der Waals surface area (Å²) in [5.41, 5.74) is 3.76. The van der Waals surface area contributed by atoms with Gasteiger partial charge in [0.05, 0.1) is 0 Å². The Morgan fingerprint density at radius 3 is 2.44 bits per heavy atom. The Kier molecular flexibility index (Phi) is 8.05. The molecule has 3 aromatic carbocycles. The third kappa shape index (κ3) is 6.75. The summed E-state index contributed by atoms with van der Waals surface area (Å²) in [6.45, 7) is 4.96. The van der Waals surface area contributed by atoms with Crippen LogP contribution >= 0.6 is 0 Å². The van der Waals surface area contributed by atoms with E-state index in [1.54, 1.807) is 24.3 Å². The van der Waals surface area contributed by atoms with Gasteiger partial charge in [0.15, 0.2) is 0 Å². The Morgan fingerprint density at radius 2 is 1.72 bits per heavy atom. The highest BCUT2D eigenvalue weighted by Gasteiger charge is 2.09. The van der Waals surface area contributed by atoms with Crippen LogP contribution in [-0.2, 0) is 11.2 Å². The fraction of sp³-hybridized carbons (Fsp3) is 0.185. The predicted octanol–water partition coefficient (Wildman–Crippen LogP) is 5.56. The average molecular weight is 427 g/mol. The van der Waals surface area contributed by atoms with Gasteiger partial charge in [0.25, 0.3) is 5.91 Å². The maximum absolute atomic E-state index is 12.4. The van der Waals surface area contributed by atoms with Gasteiger partial charge in [-0.25, -0.2) is 0 Å². The first-order chi connectivity index (χ1) is 15.6. The van der Waals surface area contributed by atoms with Crippen molar-refractivity contribution in [2.75, 3.05) is 18.5 Å². The molecule has 0 saturated heterocycles. The second-order valence-electron chi connectivity index (χ2n) is 7.27. The average Bonchev–Trinajstić information content (AvgIpc) is 2.81. The van der Waals surface area contributed by atoms with Crippen LogP contribution in [0.5, 0.6) is 11.5 Å². The van der Waals surface area contributed by atoms with Gasteiger partial charge in [-0.2, -0.15) is 5.26 Å². The van der Waals surface area contributed by atoms with E-state index in [-0.39, 0.29) is 5.57 Å². The highest BCUT2D eigenvalue weighted by atomic mass is 16.5. The Balaban J connectivity index is 1.58. The summed E-state index contributed by atoms with van der Waals surface area (Å²) in [5.74, 6) is 1.02. The van der Waals surface area contributed by atoms with Gasteiger partial charge in [-0.1, -0.05) is 43.3 Å². The number of rotatable bonds is 9. The molecular formula is C27H26N2O3. The maximum Gasteiger partial charge on any atom is 0.266 e. The summed E-state index contributed by atoms with van der Waals surface area (Å²) in [5, 5.41) is 12.1. The van der Waals surface area contributed by atoms with Crippen LogP contribution in [0.4, 0.5) is 5.69 Å². The summed E-state index contributed by atoms with van der Waals surface area (Å²) < 4.78 is 11.6. The Bertz CT molecular complexity index is 1130. The molecule has 0 atom stereocenters. The summed E-state index contributed by atoms with van der Waals surface area (Å²) in [6.07, 6.45) is 2.50. The zero-order valence-corrected chi connectivity index (χ0v) is 18.3. The number of nitrogens with zero attached hydrogens (tertiary/aromatic N) is 1. The van der Waals surface area contributed by atoms with E-state index in [1.165, 1.54) is 11.1 Å². The molecule has 5 heteroatoms. The minimum Gasteiger partial charge on any atom is -0.490 e. The second-order valence-corrected chi connectivity index (χ2v) is 7.27. The largest absolute Gasteiger partial charge is 0.490 e. The van der Waals surface area contributed by atoms with Crippen LogP contribution in [0, 0.1) is 18.3 Å². The summed E-state index contributed by atoms with van der Waals surface area (Å²) >= 11 is 0. The van der Waals surface area contributed by atoms with Gasteiger partial charge in [0.2, 0.25) is 0 Å². The molecule has 162 valence electrons. The fourth-order valence-electron chi connectivity index (χ4n) is 3.16. The molecular weight excluding hydrogens is 400 g/mol. The van der Waals surface area contributed by atoms with E-state index in [4.69, 9.17) is 9.47 Å². The number of benzene rings is 3. The van der Waals surface area contributed by atoms with E-state index in [9.17, 15) is 10.1 Å². The van der Waals surface area contributed by atoms with E-state index >= 15 is 0 Å². The molecule has 0 aliphatic heterocycles. The van der Waals surface area contributed by atoms with Crippen molar-refractivity contribution in [1.82, 2.24) is 0 Å². The van der Waals surface area contributed by atoms with E-state index in [0.29, 0.717) is 30.2 Å². The Hall–Kier alpha value is -4.04.